The number of nitrogens with one attached hydrogen (secondary N) is 1. The maximum absolute atomic E-state index is 5.06. The Hall–Kier alpha value is -0.120. The monoisotopic (exact) mass is 75.1 g/mol. The Balaban J connectivity index is 2.54. The molecule has 0 saturated carbocycles. The third-order valence-electron chi connectivity index (χ3n) is 0.263. The van der Waals surface area contributed by atoms with Gasteiger partial charge in [0.2, 0.25) is 0 Å². The van der Waals surface area contributed by atoms with Gasteiger partial charge in [-0.2, -0.15) is 0 Å². The molecule has 0 aromatic carbocycles. The van der Waals surface area contributed by atoms with Gasteiger partial charge in [-0.05, 0) is 6.92 Å². The summed E-state index contributed by atoms with van der Waals surface area (Å²) in [6.45, 7) is 1.76. The molecule has 0 aromatic heterocycles. The fourth-order valence-electron chi connectivity index (χ4n) is 0. The number of hydrogen-bond acceptors (Lipinski definition) is 3. The number of hydrazine groups is 1. The van der Waals surface area contributed by atoms with Crippen molar-refractivity contribution in [3.05, 3.63) is 0 Å². The summed E-state index contributed by atoms with van der Waals surface area (Å²) in [4.78, 5) is 0. The molecular weight excluding hydrogens is 66.0 g/mol. The zero-order valence-corrected chi connectivity index (χ0v) is 3.23. The van der Waals surface area contributed by atoms with Crippen LogP contribution in [0.25, 0.3) is 0 Å². The van der Waals surface area contributed by atoms with E-state index in [2.05, 4.69) is 5.43 Å². The highest BCUT2D eigenvalue weighted by atomic mass is 15.3. The van der Waals surface area contributed by atoms with Crippen molar-refractivity contribution in [3.63, 3.8) is 0 Å². The average Bonchev–Trinajstić information content (AvgIpc) is 1.38. The molecule has 0 saturated heterocycles. The molecule has 5 N–H and O–H groups in total. The molecule has 3 nitrogen and oxygen atoms in total. The Morgan fingerprint density at radius 2 is 2.00 bits per heavy atom. The Labute approximate surface area is 31.3 Å². The van der Waals surface area contributed by atoms with Gasteiger partial charge in [0, 0.05) is 0 Å². The van der Waals surface area contributed by atoms with E-state index in [1.165, 1.54) is 0 Å². The van der Waals surface area contributed by atoms with Crippen molar-refractivity contribution >= 4 is 0 Å². The van der Waals surface area contributed by atoms with Crippen LogP contribution >= 0.6 is 0 Å². The van der Waals surface area contributed by atoms with E-state index in [1.807, 2.05) is 0 Å². The van der Waals surface area contributed by atoms with Gasteiger partial charge in [-0.15, -0.1) is 0 Å². The second-order valence-electron chi connectivity index (χ2n) is 0.955. The van der Waals surface area contributed by atoms with E-state index < -0.39 is 0 Å². The minimum Gasteiger partial charge on any atom is -0.315 e. The first kappa shape index (κ1) is 4.88. The summed E-state index contributed by atoms with van der Waals surface area (Å²) in [6, 6.07) is 0. The first-order chi connectivity index (χ1) is 2.27. The van der Waals surface area contributed by atoms with Crippen molar-refractivity contribution < 1.29 is 0 Å². The van der Waals surface area contributed by atoms with E-state index in [0.29, 0.717) is 0 Å². The van der Waals surface area contributed by atoms with Crippen molar-refractivity contribution in [2.45, 2.75) is 13.1 Å². The van der Waals surface area contributed by atoms with Crippen LogP contribution in [0.2, 0.25) is 0 Å². The average molecular weight is 75.1 g/mol. The summed E-state index contributed by atoms with van der Waals surface area (Å²) in [5, 5.41) is 0. The molecule has 0 aliphatic heterocycles. The summed E-state index contributed by atoms with van der Waals surface area (Å²) in [6.07, 6.45) is -0.0880. The lowest BCUT2D eigenvalue weighted by atomic mass is 10.7. The third kappa shape index (κ3) is 3.88. The van der Waals surface area contributed by atoms with Gasteiger partial charge in [-0.3, -0.25) is 5.84 Å². The van der Waals surface area contributed by atoms with Crippen LogP contribution in [0, 0.1) is 0 Å². The lowest BCUT2D eigenvalue weighted by Gasteiger charge is -1.96. The molecule has 0 amide bonds. The minimum absolute atomic E-state index is 0.0880. The van der Waals surface area contributed by atoms with Gasteiger partial charge in [0.1, 0.15) is 0 Å². The number of rotatable bonds is 1. The molecule has 0 aliphatic carbocycles. The second-order valence-corrected chi connectivity index (χ2v) is 0.955. The Kier molecular flexibility index (Phi) is 2.09. The first-order valence-electron chi connectivity index (χ1n) is 1.49. The molecule has 0 bridgehead atoms. The smallest absolute Gasteiger partial charge is 0.0648 e. The van der Waals surface area contributed by atoms with Gasteiger partial charge in [0.05, 0.1) is 6.17 Å². The van der Waals surface area contributed by atoms with Crippen molar-refractivity contribution in [1.82, 2.24) is 5.43 Å². The molecule has 0 heterocycles. The molecule has 0 rings (SSSR count). The standard InChI is InChI=1S/C2H9N3/c1-2(3)5-4/h2,5H,3-4H2,1H3. The van der Waals surface area contributed by atoms with Gasteiger partial charge < -0.3 is 5.73 Å². The van der Waals surface area contributed by atoms with Crippen molar-refractivity contribution in [2.75, 3.05) is 0 Å². The predicted octanol–water partition coefficient (Wildman–Crippen LogP) is -1.25. The third-order valence-corrected chi connectivity index (χ3v) is 0.263. The zero-order chi connectivity index (χ0) is 4.28. The van der Waals surface area contributed by atoms with Crippen molar-refractivity contribution in [3.8, 4) is 0 Å². The molecule has 0 aliphatic rings. The number of nitrogens with two attached hydrogens (primary N) is 2. The summed E-state index contributed by atoms with van der Waals surface area (Å²) in [7, 11) is 0. The summed E-state index contributed by atoms with van der Waals surface area (Å²) in [5.74, 6) is 4.80. The molecule has 0 radical (unpaired) electrons. The highest BCUT2D eigenvalue weighted by Gasteiger charge is 1.76. The molecule has 0 fully saturated rings. The molecule has 5 heavy (non-hydrogen) atoms. The molecular formula is C2H9N3. The zero-order valence-electron chi connectivity index (χ0n) is 3.23. The lowest BCUT2D eigenvalue weighted by Crippen LogP contribution is -2.39. The van der Waals surface area contributed by atoms with Crippen LogP contribution in [-0.2, 0) is 0 Å². The maximum atomic E-state index is 5.06. The van der Waals surface area contributed by atoms with Gasteiger partial charge in [-0.1, -0.05) is 0 Å². The van der Waals surface area contributed by atoms with Crippen LogP contribution in [0.15, 0.2) is 0 Å². The fraction of sp³-hybridized carbons (Fsp3) is 1.00. The van der Waals surface area contributed by atoms with E-state index in [0.717, 1.165) is 0 Å². The van der Waals surface area contributed by atoms with Crippen LogP contribution in [0.4, 0.5) is 0 Å². The molecule has 3 heteroatoms. The van der Waals surface area contributed by atoms with Crippen LogP contribution in [0.1, 0.15) is 6.92 Å². The highest BCUT2D eigenvalue weighted by molar-refractivity contribution is 4.35. The Morgan fingerprint density at radius 3 is 2.00 bits per heavy atom. The van der Waals surface area contributed by atoms with Crippen LogP contribution in [-0.4, -0.2) is 6.17 Å². The topological polar surface area (TPSA) is 64.1 Å². The van der Waals surface area contributed by atoms with Gasteiger partial charge in [0.15, 0.2) is 0 Å². The quantitative estimate of drug-likeness (QED) is 0.207. The van der Waals surface area contributed by atoms with E-state index in [4.69, 9.17) is 11.6 Å². The molecule has 1 atom stereocenters. The Morgan fingerprint density at radius 1 is 1.80 bits per heavy atom. The summed E-state index contributed by atoms with van der Waals surface area (Å²) < 4.78 is 0. The van der Waals surface area contributed by atoms with Crippen LogP contribution in [0.3, 0.4) is 0 Å². The van der Waals surface area contributed by atoms with Gasteiger partial charge in [0.25, 0.3) is 0 Å². The van der Waals surface area contributed by atoms with E-state index in [1.54, 1.807) is 6.92 Å². The summed E-state index contributed by atoms with van der Waals surface area (Å²) in [5.41, 5.74) is 7.36. The molecule has 1 unspecified atom stereocenters. The molecule has 0 spiro atoms. The van der Waals surface area contributed by atoms with Crippen LogP contribution in [0.5, 0.6) is 0 Å². The number of hydrogen-bond donors (Lipinski definition) is 3. The van der Waals surface area contributed by atoms with Crippen LogP contribution < -0.4 is 17.0 Å². The maximum Gasteiger partial charge on any atom is 0.0648 e. The highest BCUT2D eigenvalue weighted by Crippen LogP contribution is 1.49. The van der Waals surface area contributed by atoms with E-state index in [9.17, 15) is 0 Å². The van der Waals surface area contributed by atoms with Crippen molar-refractivity contribution in [1.29, 1.82) is 0 Å². The van der Waals surface area contributed by atoms with E-state index in [-0.39, 0.29) is 6.17 Å². The second kappa shape index (κ2) is 2.14. The molecule has 0 aromatic rings. The minimum atomic E-state index is -0.0880. The van der Waals surface area contributed by atoms with E-state index >= 15 is 0 Å². The largest absolute Gasteiger partial charge is 0.315 e. The first-order valence-corrected chi connectivity index (χ1v) is 1.49. The fourth-order valence-corrected chi connectivity index (χ4v) is 0. The Bertz CT molecular complexity index is 18.9. The SMILES string of the molecule is CC(N)NN. The van der Waals surface area contributed by atoms with Gasteiger partial charge in [-0.25, -0.2) is 5.43 Å². The van der Waals surface area contributed by atoms with Gasteiger partial charge >= 0.3 is 0 Å². The normalized spacial score (nSPS) is 15.0. The lowest BCUT2D eigenvalue weighted by molar-refractivity contribution is 0.593. The van der Waals surface area contributed by atoms with Crippen molar-refractivity contribution in [2.24, 2.45) is 11.6 Å². The predicted molar refractivity (Wildman–Crippen MR) is 21.0 cm³/mol. The molecule has 32 valence electrons. The summed E-state index contributed by atoms with van der Waals surface area (Å²) >= 11 is 0.